The van der Waals surface area contributed by atoms with Gasteiger partial charge in [-0.3, -0.25) is 4.79 Å². The molecule has 6 nitrogen and oxygen atoms in total. The Morgan fingerprint density at radius 2 is 2.13 bits per heavy atom. The van der Waals surface area contributed by atoms with Gasteiger partial charge in [-0.2, -0.15) is 0 Å². The third-order valence-electron chi connectivity index (χ3n) is 4.08. The summed E-state index contributed by atoms with van der Waals surface area (Å²) in [6, 6.07) is 4.02. The van der Waals surface area contributed by atoms with Crippen LogP contribution in [0.4, 0.5) is 10.9 Å². The van der Waals surface area contributed by atoms with Gasteiger partial charge in [-0.15, -0.1) is 11.3 Å². The van der Waals surface area contributed by atoms with Crippen molar-refractivity contribution in [2.24, 2.45) is 0 Å². The Hall–Kier alpha value is -2.15. The molecule has 2 aromatic rings. The summed E-state index contributed by atoms with van der Waals surface area (Å²) in [6.07, 6.45) is 2.97. The molecule has 0 radical (unpaired) electrons. The number of thiazole rings is 1. The Labute approximate surface area is 140 Å². The second kappa shape index (κ2) is 6.95. The van der Waals surface area contributed by atoms with E-state index in [9.17, 15) is 4.79 Å². The lowest BCUT2D eigenvalue weighted by molar-refractivity contribution is -0.131. The number of nitrogen functional groups attached to an aromatic ring is 1. The van der Waals surface area contributed by atoms with Crippen LogP contribution in [0.25, 0.3) is 0 Å². The molecule has 1 aliphatic heterocycles. The first-order chi connectivity index (χ1) is 11.1. The number of pyridine rings is 1. The Morgan fingerprint density at radius 1 is 1.35 bits per heavy atom. The minimum atomic E-state index is 0.189. The van der Waals surface area contributed by atoms with Crippen molar-refractivity contribution in [3.05, 3.63) is 35.0 Å². The highest BCUT2D eigenvalue weighted by molar-refractivity contribution is 7.13. The van der Waals surface area contributed by atoms with Gasteiger partial charge in [-0.05, 0) is 25.0 Å². The number of rotatable bonds is 4. The van der Waals surface area contributed by atoms with E-state index in [-0.39, 0.29) is 5.91 Å². The van der Waals surface area contributed by atoms with E-state index in [4.69, 9.17) is 5.73 Å². The third-order valence-corrected chi connectivity index (χ3v) is 4.80. The highest BCUT2D eigenvalue weighted by Gasteiger charge is 2.22. The predicted octanol–water partition coefficient (Wildman–Crippen LogP) is 1.71. The highest BCUT2D eigenvalue weighted by Crippen LogP contribution is 2.18. The summed E-state index contributed by atoms with van der Waals surface area (Å²) in [5.74, 6) is 1.21. The van der Waals surface area contributed by atoms with Crippen molar-refractivity contribution in [3.63, 3.8) is 0 Å². The molecule has 0 spiro atoms. The smallest absolute Gasteiger partial charge is 0.223 e. The van der Waals surface area contributed by atoms with Gasteiger partial charge in [0, 0.05) is 44.2 Å². The molecule has 2 aromatic heterocycles. The quantitative estimate of drug-likeness (QED) is 0.923. The normalized spacial score (nSPS) is 15.0. The van der Waals surface area contributed by atoms with Crippen LogP contribution in [0.1, 0.15) is 17.7 Å². The average molecular weight is 331 g/mol. The van der Waals surface area contributed by atoms with Crippen LogP contribution in [-0.2, 0) is 11.2 Å². The van der Waals surface area contributed by atoms with E-state index < -0.39 is 0 Å². The zero-order valence-electron chi connectivity index (χ0n) is 13.2. The molecule has 3 heterocycles. The lowest BCUT2D eigenvalue weighted by atomic mass is 10.2. The van der Waals surface area contributed by atoms with E-state index in [2.05, 4.69) is 27.9 Å². The molecule has 1 aliphatic rings. The van der Waals surface area contributed by atoms with Gasteiger partial charge < -0.3 is 15.5 Å². The average Bonchev–Trinajstić information content (AvgIpc) is 2.99. The molecule has 2 N–H and O–H groups in total. The Kier molecular flexibility index (Phi) is 4.76. The van der Waals surface area contributed by atoms with E-state index in [1.807, 2.05) is 22.5 Å². The number of hydrogen-bond donors (Lipinski definition) is 1. The van der Waals surface area contributed by atoms with Gasteiger partial charge in [0.2, 0.25) is 5.91 Å². The SMILES string of the molecule is Cc1cccnc1N1CCN(C(=O)CCc2csc(N)n2)CC1. The van der Waals surface area contributed by atoms with Crippen molar-refractivity contribution in [2.75, 3.05) is 36.8 Å². The first kappa shape index (κ1) is 15.7. The van der Waals surface area contributed by atoms with Gasteiger partial charge in [0.1, 0.15) is 5.82 Å². The maximum absolute atomic E-state index is 12.3. The zero-order chi connectivity index (χ0) is 16.2. The molecule has 1 saturated heterocycles. The largest absolute Gasteiger partial charge is 0.375 e. The van der Waals surface area contributed by atoms with Crippen LogP contribution in [0.5, 0.6) is 0 Å². The van der Waals surface area contributed by atoms with Crippen molar-refractivity contribution in [3.8, 4) is 0 Å². The van der Waals surface area contributed by atoms with Gasteiger partial charge in [-0.1, -0.05) is 6.07 Å². The number of nitrogens with zero attached hydrogens (tertiary/aromatic N) is 4. The summed E-state index contributed by atoms with van der Waals surface area (Å²) in [5, 5.41) is 2.48. The Morgan fingerprint density at radius 3 is 2.78 bits per heavy atom. The fraction of sp³-hybridized carbons (Fsp3) is 0.438. The standard InChI is InChI=1S/C16H21N5OS/c1-12-3-2-6-18-15(12)21-9-7-20(8-10-21)14(22)5-4-13-11-23-16(17)19-13/h2-3,6,11H,4-5,7-10H2,1H3,(H2,17,19). The van der Waals surface area contributed by atoms with E-state index in [1.54, 1.807) is 0 Å². The molecule has 0 aromatic carbocycles. The van der Waals surface area contributed by atoms with E-state index >= 15 is 0 Å². The van der Waals surface area contributed by atoms with Gasteiger partial charge in [0.15, 0.2) is 5.13 Å². The van der Waals surface area contributed by atoms with Gasteiger partial charge in [-0.25, -0.2) is 9.97 Å². The minimum absolute atomic E-state index is 0.189. The number of nitrogens with two attached hydrogens (primary N) is 1. The van der Waals surface area contributed by atoms with Crippen molar-refractivity contribution in [1.29, 1.82) is 0 Å². The molecule has 0 bridgehead atoms. The summed E-state index contributed by atoms with van der Waals surface area (Å²) in [6.45, 7) is 5.21. The molecule has 1 amide bonds. The fourth-order valence-corrected chi connectivity index (χ4v) is 3.40. The summed E-state index contributed by atoms with van der Waals surface area (Å²) in [4.78, 5) is 25.2. The second-order valence-electron chi connectivity index (χ2n) is 5.69. The molecular weight excluding hydrogens is 310 g/mol. The molecule has 0 atom stereocenters. The number of carbonyl (C=O) groups is 1. The number of aryl methyl sites for hydroxylation is 2. The number of carbonyl (C=O) groups excluding carboxylic acids is 1. The molecule has 7 heteroatoms. The maximum Gasteiger partial charge on any atom is 0.223 e. The number of hydrogen-bond acceptors (Lipinski definition) is 6. The lowest BCUT2D eigenvalue weighted by Gasteiger charge is -2.36. The van der Waals surface area contributed by atoms with E-state index in [1.165, 1.54) is 16.9 Å². The number of piperazine rings is 1. The number of amides is 1. The van der Waals surface area contributed by atoms with Crippen molar-refractivity contribution in [2.45, 2.75) is 19.8 Å². The van der Waals surface area contributed by atoms with Gasteiger partial charge >= 0.3 is 0 Å². The fourth-order valence-electron chi connectivity index (χ4n) is 2.81. The van der Waals surface area contributed by atoms with Crippen LogP contribution in [-0.4, -0.2) is 47.0 Å². The molecule has 0 aliphatic carbocycles. The molecule has 0 unspecified atom stereocenters. The molecular formula is C16H21N5OS. The molecule has 23 heavy (non-hydrogen) atoms. The third kappa shape index (κ3) is 3.79. The first-order valence-corrected chi connectivity index (χ1v) is 8.65. The minimum Gasteiger partial charge on any atom is -0.375 e. The van der Waals surface area contributed by atoms with Crippen LogP contribution in [0.2, 0.25) is 0 Å². The van der Waals surface area contributed by atoms with Crippen molar-refractivity contribution in [1.82, 2.24) is 14.9 Å². The summed E-state index contributed by atoms with van der Waals surface area (Å²) >= 11 is 1.42. The van der Waals surface area contributed by atoms with Gasteiger partial charge in [0.25, 0.3) is 0 Å². The van der Waals surface area contributed by atoms with Crippen LogP contribution in [0.3, 0.4) is 0 Å². The first-order valence-electron chi connectivity index (χ1n) is 7.77. The molecule has 0 saturated carbocycles. The zero-order valence-corrected chi connectivity index (χ0v) is 14.1. The Bertz CT molecular complexity index is 679. The predicted molar refractivity (Wildman–Crippen MR) is 92.6 cm³/mol. The molecule has 1 fully saturated rings. The van der Waals surface area contributed by atoms with Gasteiger partial charge in [0.05, 0.1) is 5.69 Å². The number of anilines is 2. The van der Waals surface area contributed by atoms with Crippen LogP contribution in [0.15, 0.2) is 23.7 Å². The highest BCUT2D eigenvalue weighted by atomic mass is 32.1. The lowest BCUT2D eigenvalue weighted by Crippen LogP contribution is -2.49. The Balaban J connectivity index is 1.50. The van der Waals surface area contributed by atoms with Crippen LogP contribution >= 0.6 is 11.3 Å². The molecule has 3 rings (SSSR count). The summed E-state index contributed by atoms with van der Waals surface area (Å²) in [5.41, 5.74) is 7.69. The van der Waals surface area contributed by atoms with E-state index in [0.29, 0.717) is 18.0 Å². The monoisotopic (exact) mass is 331 g/mol. The molecule has 122 valence electrons. The maximum atomic E-state index is 12.3. The summed E-state index contributed by atoms with van der Waals surface area (Å²) < 4.78 is 0. The number of aromatic nitrogens is 2. The van der Waals surface area contributed by atoms with Crippen LogP contribution in [0, 0.1) is 6.92 Å². The van der Waals surface area contributed by atoms with Crippen molar-refractivity contribution >= 4 is 28.2 Å². The van der Waals surface area contributed by atoms with Crippen molar-refractivity contribution < 1.29 is 4.79 Å². The van der Waals surface area contributed by atoms with Crippen LogP contribution < -0.4 is 10.6 Å². The van der Waals surface area contributed by atoms with E-state index in [0.717, 1.165) is 37.7 Å². The topological polar surface area (TPSA) is 75.4 Å². The second-order valence-corrected chi connectivity index (χ2v) is 6.58. The summed E-state index contributed by atoms with van der Waals surface area (Å²) in [7, 11) is 0.